The molecule has 0 aliphatic rings. The number of nitrogens with zero attached hydrogens (tertiary/aromatic N) is 1. The second-order valence-electron chi connectivity index (χ2n) is 8.03. The molecule has 0 saturated carbocycles. The summed E-state index contributed by atoms with van der Waals surface area (Å²) in [6.45, 7) is 11.9. The summed E-state index contributed by atoms with van der Waals surface area (Å²) in [7, 11) is 1.68. The van der Waals surface area contributed by atoms with E-state index in [1.165, 1.54) is 4.90 Å². The number of amides is 1. The van der Waals surface area contributed by atoms with E-state index in [2.05, 4.69) is 6.92 Å². The molecule has 9 heteroatoms. The van der Waals surface area contributed by atoms with E-state index in [0.29, 0.717) is 65.8 Å². The van der Waals surface area contributed by atoms with Crippen LogP contribution >= 0.6 is 0 Å². The van der Waals surface area contributed by atoms with Gasteiger partial charge in [-0.1, -0.05) is 19.8 Å². The van der Waals surface area contributed by atoms with Crippen LogP contribution in [0.5, 0.6) is 0 Å². The summed E-state index contributed by atoms with van der Waals surface area (Å²) in [5, 5.41) is 0. The van der Waals surface area contributed by atoms with Crippen LogP contribution in [0.4, 0.5) is 4.79 Å². The number of hydrogen-bond acceptors (Lipinski definition) is 8. The first kappa shape index (κ1) is 29.6. The summed E-state index contributed by atoms with van der Waals surface area (Å²) >= 11 is 0. The number of carbonyl (C=O) groups is 2. The van der Waals surface area contributed by atoms with Gasteiger partial charge in [0.25, 0.3) is 0 Å². The minimum Gasteiger partial charge on any atom is -0.463 e. The van der Waals surface area contributed by atoms with E-state index in [-0.39, 0.29) is 18.7 Å². The maximum absolute atomic E-state index is 11.8. The maximum Gasteiger partial charge on any atom is 0.410 e. The predicted octanol–water partition coefficient (Wildman–Crippen LogP) is 3.04. The molecule has 184 valence electrons. The Morgan fingerprint density at radius 2 is 1.23 bits per heavy atom. The lowest BCUT2D eigenvalue weighted by molar-refractivity contribution is -0.145. The smallest absolute Gasteiger partial charge is 0.410 e. The zero-order chi connectivity index (χ0) is 23.4. The van der Waals surface area contributed by atoms with Crippen molar-refractivity contribution >= 4 is 12.1 Å². The average Bonchev–Trinajstić information content (AvgIpc) is 2.69. The van der Waals surface area contributed by atoms with Crippen LogP contribution < -0.4 is 0 Å². The lowest BCUT2D eigenvalue weighted by Crippen LogP contribution is -2.36. The first-order valence-electron chi connectivity index (χ1n) is 11.2. The third-order valence-electron chi connectivity index (χ3n) is 3.87. The van der Waals surface area contributed by atoms with E-state index >= 15 is 0 Å². The van der Waals surface area contributed by atoms with Crippen LogP contribution in [0.2, 0.25) is 0 Å². The van der Waals surface area contributed by atoms with Crippen LogP contribution in [0, 0.1) is 0 Å². The number of rotatable bonds is 19. The SMILES string of the molecule is CCCCCC(=O)OCCOCCOCCOCCOCCN(C)C(=O)OC(C)(C)C. The van der Waals surface area contributed by atoms with Gasteiger partial charge in [0.15, 0.2) is 0 Å². The second kappa shape index (κ2) is 19.3. The van der Waals surface area contributed by atoms with Gasteiger partial charge in [-0.3, -0.25) is 4.79 Å². The van der Waals surface area contributed by atoms with Gasteiger partial charge < -0.3 is 33.3 Å². The van der Waals surface area contributed by atoms with Gasteiger partial charge in [0.1, 0.15) is 12.2 Å². The van der Waals surface area contributed by atoms with Crippen LogP contribution in [-0.2, 0) is 33.2 Å². The predicted molar refractivity (Wildman–Crippen MR) is 117 cm³/mol. The van der Waals surface area contributed by atoms with Crippen molar-refractivity contribution in [1.82, 2.24) is 4.90 Å². The van der Waals surface area contributed by atoms with E-state index in [0.717, 1.165) is 19.3 Å². The Hall–Kier alpha value is -1.42. The summed E-state index contributed by atoms with van der Waals surface area (Å²) in [5.41, 5.74) is -0.503. The summed E-state index contributed by atoms with van der Waals surface area (Å²) in [6.07, 6.45) is 3.13. The van der Waals surface area contributed by atoms with Gasteiger partial charge in [0.2, 0.25) is 0 Å². The Balaban J connectivity index is 3.30. The van der Waals surface area contributed by atoms with E-state index < -0.39 is 5.60 Å². The molecule has 0 saturated heterocycles. The lowest BCUT2D eigenvalue weighted by Gasteiger charge is -2.24. The van der Waals surface area contributed by atoms with Crippen LogP contribution in [-0.4, -0.2) is 95.6 Å². The number of esters is 1. The van der Waals surface area contributed by atoms with Crippen LogP contribution in [0.1, 0.15) is 53.4 Å². The fraction of sp³-hybridized carbons (Fsp3) is 0.909. The normalized spacial score (nSPS) is 11.4. The van der Waals surface area contributed by atoms with E-state index in [1.54, 1.807) is 7.05 Å². The standard InChI is InChI=1S/C22H43NO8/c1-6-7-8-9-20(24)30-19-18-29-17-16-28-15-14-27-13-12-26-11-10-23(5)21(25)31-22(2,3)4/h6-19H2,1-5H3. The molecule has 0 aromatic carbocycles. The summed E-state index contributed by atoms with van der Waals surface area (Å²) < 4.78 is 31.9. The molecular weight excluding hydrogens is 406 g/mol. The molecule has 0 radical (unpaired) electrons. The van der Waals surface area contributed by atoms with Crippen molar-refractivity contribution in [2.75, 3.05) is 73.1 Å². The summed E-state index contributed by atoms with van der Waals surface area (Å²) in [4.78, 5) is 24.7. The largest absolute Gasteiger partial charge is 0.463 e. The zero-order valence-corrected chi connectivity index (χ0v) is 20.1. The molecule has 0 bridgehead atoms. The van der Waals surface area contributed by atoms with Gasteiger partial charge in [-0.05, 0) is 27.2 Å². The van der Waals surface area contributed by atoms with Crippen molar-refractivity contribution in [3.63, 3.8) is 0 Å². The zero-order valence-electron chi connectivity index (χ0n) is 20.1. The Morgan fingerprint density at radius 1 is 0.742 bits per heavy atom. The van der Waals surface area contributed by atoms with Gasteiger partial charge in [0.05, 0.1) is 52.9 Å². The van der Waals surface area contributed by atoms with Gasteiger partial charge >= 0.3 is 12.1 Å². The third kappa shape index (κ3) is 21.6. The molecule has 0 atom stereocenters. The molecular formula is C22H43NO8. The number of ether oxygens (including phenoxy) is 6. The molecule has 9 nitrogen and oxygen atoms in total. The quantitative estimate of drug-likeness (QED) is 0.219. The molecule has 0 aromatic rings. The van der Waals surface area contributed by atoms with Crippen LogP contribution in [0.15, 0.2) is 0 Å². The highest BCUT2D eigenvalue weighted by molar-refractivity contribution is 5.69. The highest BCUT2D eigenvalue weighted by atomic mass is 16.6. The van der Waals surface area contributed by atoms with Crippen LogP contribution in [0.25, 0.3) is 0 Å². The highest BCUT2D eigenvalue weighted by Crippen LogP contribution is 2.08. The summed E-state index contributed by atoms with van der Waals surface area (Å²) in [5.74, 6) is -0.163. The number of unbranched alkanes of at least 4 members (excludes halogenated alkanes) is 2. The van der Waals surface area contributed by atoms with Crippen LogP contribution in [0.3, 0.4) is 0 Å². The molecule has 0 aliphatic heterocycles. The Kier molecular flexibility index (Phi) is 18.4. The van der Waals surface area contributed by atoms with E-state index in [1.807, 2.05) is 20.8 Å². The first-order valence-corrected chi connectivity index (χ1v) is 11.2. The molecule has 0 aromatic heterocycles. The molecule has 0 rings (SSSR count). The minimum absolute atomic E-state index is 0.163. The molecule has 0 heterocycles. The van der Waals surface area contributed by atoms with Gasteiger partial charge in [-0.15, -0.1) is 0 Å². The monoisotopic (exact) mass is 449 g/mol. The fourth-order valence-corrected chi connectivity index (χ4v) is 2.20. The topological polar surface area (TPSA) is 92.8 Å². The van der Waals surface area contributed by atoms with E-state index in [9.17, 15) is 9.59 Å². The van der Waals surface area contributed by atoms with Gasteiger partial charge in [0, 0.05) is 20.0 Å². The van der Waals surface area contributed by atoms with Crippen molar-refractivity contribution in [3.8, 4) is 0 Å². The molecule has 0 spiro atoms. The fourth-order valence-electron chi connectivity index (χ4n) is 2.20. The molecule has 31 heavy (non-hydrogen) atoms. The van der Waals surface area contributed by atoms with Crippen molar-refractivity contribution in [2.45, 2.75) is 59.0 Å². The number of hydrogen-bond donors (Lipinski definition) is 0. The molecule has 1 amide bonds. The number of likely N-dealkylation sites (N-methyl/N-ethyl adjacent to an activating group) is 1. The minimum atomic E-state index is -0.503. The maximum atomic E-state index is 11.8. The lowest BCUT2D eigenvalue weighted by atomic mass is 10.2. The Morgan fingerprint density at radius 3 is 1.71 bits per heavy atom. The Labute approximate surface area is 187 Å². The third-order valence-corrected chi connectivity index (χ3v) is 3.87. The van der Waals surface area contributed by atoms with Gasteiger partial charge in [-0.25, -0.2) is 4.79 Å². The molecule has 0 N–H and O–H groups in total. The van der Waals surface area contributed by atoms with Crippen molar-refractivity contribution in [1.29, 1.82) is 0 Å². The number of carbonyl (C=O) groups excluding carboxylic acids is 2. The average molecular weight is 450 g/mol. The summed E-state index contributed by atoms with van der Waals surface area (Å²) in [6, 6.07) is 0. The second-order valence-corrected chi connectivity index (χ2v) is 8.03. The molecule has 0 aliphatic carbocycles. The van der Waals surface area contributed by atoms with Crippen molar-refractivity contribution in [3.05, 3.63) is 0 Å². The highest BCUT2D eigenvalue weighted by Gasteiger charge is 2.19. The first-order chi connectivity index (χ1) is 14.8. The molecule has 0 fully saturated rings. The van der Waals surface area contributed by atoms with Crippen molar-refractivity contribution in [2.24, 2.45) is 0 Å². The molecule has 0 unspecified atom stereocenters. The Bertz CT molecular complexity index is 453. The van der Waals surface area contributed by atoms with Crippen molar-refractivity contribution < 1.29 is 38.0 Å². The van der Waals surface area contributed by atoms with E-state index in [4.69, 9.17) is 28.4 Å². The van der Waals surface area contributed by atoms with Gasteiger partial charge in [-0.2, -0.15) is 0 Å².